The summed E-state index contributed by atoms with van der Waals surface area (Å²) in [4.78, 5) is 2.53. The van der Waals surface area contributed by atoms with E-state index in [1.165, 1.54) is 0 Å². The van der Waals surface area contributed by atoms with E-state index in [9.17, 15) is 0 Å². The molecule has 7 heteroatoms. The zero-order valence-electron chi connectivity index (χ0n) is 5.64. The molecule has 0 aromatic carbocycles. The van der Waals surface area contributed by atoms with Crippen LogP contribution < -0.4 is 5.73 Å². The number of nitrogens with zero attached hydrogens (tertiary/aromatic N) is 5. The Labute approximate surface area is 61.8 Å². The molecule has 0 saturated carbocycles. The first kappa shape index (κ1) is 7.52. The second kappa shape index (κ2) is 3.55. The maximum absolute atomic E-state index is 7.94. The summed E-state index contributed by atoms with van der Waals surface area (Å²) < 4.78 is 4.92. The van der Waals surface area contributed by atoms with E-state index < -0.39 is 0 Å². The minimum Gasteiger partial charge on any atom is -0.424 e. The fraction of sp³-hybridized carbons (Fsp3) is 0.500. The standard InChI is InChI=1S/C4H6N6O/c5-1-3-8-9-4(11-3)2-7-10-6/h1-2,5H2. The SMILES string of the molecule is [N-]=[N+]=NCc1nnc(CN)o1. The van der Waals surface area contributed by atoms with E-state index in [1.54, 1.807) is 0 Å². The predicted molar refractivity (Wildman–Crippen MR) is 35.0 cm³/mol. The van der Waals surface area contributed by atoms with Crippen LogP contribution in [-0.4, -0.2) is 10.2 Å². The van der Waals surface area contributed by atoms with Crippen molar-refractivity contribution in [2.75, 3.05) is 0 Å². The smallest absolute Gasteiger partial charge is 0.230 e. The van der Waals surface area contributed by atoms with Gasteiger partial charge in [0, 0.05) is 4.91 Å². The largest absolute Gasteiger partial charge is 0.424 e. The Morgan fingerprint density at radius 2 is 2.27 bits per heavy atom. The Morgan fingerprint density at radius 1 is 1.55 bits per heavy atom. The molecule has 0 aliphatic carbocycles. The average molecular weight is 154 g/mol. The molecular formula is C4H6N6O. The first-order chi connectivity index (χ1) is 5.36. The molecule has 1 aromatic heterocycles. The Bertz CT molecular complexity index is 274. The molecule has 0 atom stereocenters. The van der Waals surface area contributed by atoms with Gasteiger partial charge >= 0.3 is 0 Å². The highest BCUT2D eigenvalue weighted by Gasteiger charge is 2.01. The van der Waals surface area contributed by atoms with Gasteiger partial charge in [0.15, 0.2) is 0 Å². The third-order valence-electron chi connectivity index (χ3n) is 0.953. The lowest BCUT2D eigenvalue weighted by Gasteiger charge is -1.82. The summed E-state index contributed by atoms with van der Waals surface area (Å²) in [6.45, 7) is 0.271. The van der Waals surface area contributed by atoms with Gasteiger partial charge in [0.1, 0.15) is 6.54 Å². The minimum absolute atomic E-state index is 0.0729. The van der Waals surface area contributed by atoms with Crippen molar-refractivity contribution >= 4 is 0 Å². The third kappa shape index (κ3) is 1.92. The van der Waals surface area contributed by atoms with Gasteiger partial charge in [0.25, 0.3) is 0 Å². The average Bonchev–Trinajstić information content (AvgIpc) is 2.48. The molecule has 0 bridgehead atoms. The molecule has 0 saturated heterocycles. The van der Waals surface area contributed by atoms with Crippen LogP contribution in [-0.2, 0) is 13.1 Å². The fourth-order valence-corrected chi connectivity index (χ4v) is 0.527. The number of aromatic nitrogens is 2. The van der Waals surface area contributed by atoms with E-state index in [2.05, 4.69) is 20.2 Å². The lowest BCUT2D eigenvalue weighted by atomic mass is 10.7. The van der Waals surface area contributed by atoms with Gasteiger partial charge in [-0.05, 0) is 5.53 Å². The number of hydrogen-bond donors (Lipinski definition) is 1. The molecule has 0 spiro atoms. The number of azide groups is 1. The number of rotatable bonds is 3. The van der Waals surface area contributed by atoms with Gasteiger partial charge in [0.2, 0.25) is 11.8 Å². The minimum atomic E-state index is 0.0729. The fourth-order valence-electron chi connectivity index (χ4n) is 0.527. The summed E-state index contributed by atoms with van der Waals surface area (Å²) in [7, 11) is 0. The van der Waals surface area contributed by atoms with Crippen LogP contribution in [0.1, 0.15) is 11.8 Å². The van der Waals surface area contributed by atoms with Crippen LogP contribution in [0, 0.1) is 0 Å². The summed E-state index contributed by atoms with van der Waals surface area (Å²) in [5.41, 5.74) is 13.1. The topological polar surface area (TPSA) is 114 Å². The van der Waals surface area contributed by atoms with Crippen LogP contribution >= 0.6 is 0 Å². The summed E-state index contributed by atoms with van der Waals surface area (Å²) in [6, 6.07) is 0. The Hall–Kier alpha value is -1.59. The molecular weight excluding hydrogens is 148 g/mol. The quantitative estimate of drug-likeness (QED) is 0.384. The van der Waals surface area contributed by atoms with Crippen molar-refractivity contribution in [1.82, 2.24) is 10.2 Å². The molecule has 2 N–H and O–H groups in total. The summed E-state index contributed by atoms with van der Waals surface area (Å²) >= 11 is 0. The van der Waals surface area contributed by atoms with Crippen molar-refractivity contribution in [1.29, 1.82) is 0 Å². The van der Waals surface area contributed by atoms with Crippen LogP contribution in [0.4, 0.5) is 0 Å². The first-order valence-corrected chi connectivity index (χ1v) is 2.89. The molecule has 1 rings (SSSR count). The van der Waals surface area contributed by atoms with Crippen LogP contribution in [0.2, 0.25) is 0 Å². The van der Waals surface area contributed by atoms with Gasteiger partial charge < -0.3 is 10.2 Å². The van der Waals surface area contributed by atoms with Crippen molar-refractivity contribution in [2.24, 2.45) is 10.8 Å². The molecule has 0 unspecified atom stereocenters. The highest BCUT2D eigenvalue weighted by atomic mass is 16.4. The highest BCUT2D eigenvalue weighted by Crippen LogP contribution is 1.99. The van der Waals surface area contributed by atoms with Gasteiger partial charge in [-0.2, -0.15) is 0 Å². The molecule has 1 heterocycles. The zero-order chi connectivity index (χ0) is 8.10. The van der Waals surface area contributed by atoms with E-state index in [0.717, 1.165) is 0 Å². The molecule has 11 heavy (non-hydrogen) atoms. The zero-order valence-corrected chi connectivity index (χ0v) is 5.64. The van der Waals surface area contributed by atoms with Gasteiger partial charge in [0.05, 0.1) is 6.54 Å². The number of hydrogen-bond acceptors (Lipinski definition) is 5. The van der Waals surface area contributed by atoms with Crippen molar-refractivity contribution in [3.63, 3.8) is 0 Å². The summed E-state index contributed by atoms with van der Waals surface area (Å²) in [5, 5.41) is 10.4. The van der Waals surface area contributed by atoms with Crippen molar-refractivity contribution in [3.8, 4) is 0 Å². The monoisotopic (exact) mass is 154 g/mol. The van der Waals surface area contributed by atoms with E-state index in [0.29, 0.717) is 5.89 Å². The molecule has 0 aliphatic heterocycles. The summed E-state index contributed by atoms with van der Waals surface area (Å²) in [6.07, 6.45) is 0. The molecule has 0 radical (unpaired) electrons. The van der Waals surface area contributed by atoms with E-state index in [-0.39, 0.29) is 19.0 Å². The van der Waals surface area contributed by atoms with Crippen LogP contribution in [0.5, 0.6) is 0 Å². The maximum atomic E-state index is 7.94. The molecule has 0 amide bonds. The highest BCUT2D eigenvalue weighted by molar-refractivity contribution is 4.79. The van der Waals surface area contributed by atoms with Gasteiger partial charge in [-0.3, -0.25) is 0 Å². The lowest BCUT2D eigenvalue weighted by Crippen LogP contribution is -1.95. The van der Waals surface area contributed by atoms with Crippen LogP contribution in [0.3, 0.4) is 0 Å². The normalized spacial score (nSPS) is 9.18. The van der Waals surface area contributed by atoms with Crippen LogP contribution in [0.15, 0.2) is 9.53 Å². The predicted octanol–water partition coefficient (Wildman–Crippen LogP) is 0.339. The van der Waals surface area contributed by atoms with Crippen molar-refractivity contribution in [2.45, 2.75) is 13.1 Å². The van der Waals surface area contributed by atoms with Gasteiger partial charge in [-0.25, -0.2) is 0 Å². The van der Waals surface area contributed by atoms with E-state index in [1.807, 2.05) is 0 Å². The van der Waals surface area contributed by atoms with Crippen molar-refractivity contribution in [3.05, 3.63) is 22.2 Å². The van der Waals surface area contributed by atoms with Gasteiger partial charge in [-0.15, -0.1) is 10.2 Å². The molecule has 7 nitrogen and oxygen atoms in total. The number of nitrogens with two attached hydrogens (primary N) is 1. The molecule has 0 aliphatic rings. The summed E-state index contributed by atoms with van der Waals surface area (Å²) in [5.74, 6) is 0.622. The Balaban J connectivity index is 2.64. The van der Waals surface area contributed by atoms with E-state index in [4.69, 9.17) is 15.7 Å². The Morgan fingerprint density at radius 3 is 2.82 bits per heavy atom. The van der Waals surface area contributed by atoms with Crippen LogP contribution in [0.25, 0.3) is 10.4 Å². The maximum Gasteiger partial charge on any atom is 0.230 e. The van der Waals surface area contributed by atoms with Gasteiger partial charge in [-0.1, -0.05) is 5.11 Å². The second-order valence-corrected chi connectivity index (χ2v) is 1.68. The van der Waals surface area contributed by atoms with Crippen molar-refractivity contribution < 1.29 is 4.42 Å². The Kier molecular flexibility index (Phi) is 2.42. The lowest BCUT2D eigenvalue weighted by molar-refractivity contribution is 0.453. The molecule has 58 valence electrons. The van der Waals surface area contributed by atoms with E-state index >= 15 is 0 Å². The second-order valence-electron chi connectivity index (χ2n) is 1.68. The third-order valence-corrected chi connectivity index (χ3v) is 0.953. The molecule has 1 aromatic rings. The first-order valence-electron chi connectivity index (χ1n) is 2.89. The molecule has 0 fully saturated rings.